The monoisotopic (exact) mass is 515 g/mol. The number of carbonyl (C=O) groups excluding carboxylic acids is 4. The van der Waals surface area contributed by atoms with E-state index in [-0.39, 0.29) is 11.9 Å². The lowest BCUT2D eigenvalue weighted by atomic mass is 10.1. The van der Waals surface area contributed by atoms with E-state index >= 15 is 0 Å². The highest BCUT2D eigenvalue weighted by Gasteiger charge is 2.26. The maximum atomic E-state index is 12.8. The molecular formula is C23H45N7O6. The molecule has 0 aliphatic heterocycles. The van der Waals surface area contributed by atoms with Gasteiger partial charge in [0.1, 0.15) is 18.1 Å². The van der Waals surface area contributed by atoms with Crippen molar-refractivity contribution in [3.05, 3.63) is 0 Å². The number of hydrogen-bond donors (Lipinski definition) is 7. The molecule has 10 N–H and O–H groups in total. The largest absolute Gasteiger partial charge is 0.481 e. The first-order valence-electron chi connectivity index (χ1n) is 12.3. The number of nitrogens with zero attached hydrogens (tertiary/aromatic N) is 1. The van der Waals surface area contributed by atoms with Crippen LogP contribution in [-0.2, 0) is 24.0 Å². The highest BCUT2D eigenvalue weighted by Crippen LogP contribution is 2.04. The van der Waals surface area contributed by atoms with Gasteiger partial charge in [0.15, 0.2) is 5.96 Å². The Morgan fingerprint density at radius 2 is 1.36 bits per heavy atom. The van der Waals surface area contributed by atoms with Crippen LogP contribution in [0.3, 0.4) is 0 Å². The molecule has 0 heterocycles. The van der Waals surface area contributed by atoms with Crippen LogP contribution < -0.4 is 33.2 Å². The van der Waals surface area contributed by atoms with Crippen molar-refractivity contribution >= 4 is 35.6 Å². The molecule has 0 aromatic rings. The molecule has 0 radical (unpaired) electrons. The van der Waals surface area contributed by atoms with Crippen LogP contribution in [0.25, 0.3) is 0 Å². The number of aliphatic imine (C=N–C) groups is 1. The zero-order valence-corrected chi connectivity index (χ0v) is 22.0. The zero-order chi connectivity index (χ0) is 28.1. The van der Waals surface area contributed by atoms with Crippen molar-refractivity contribution in [2.45, 2.75) is 104 Å². The van der Waals surface area contributed by atoms with E-state index in [1.807, 2.05) is 13.8 Å². The lowest BCUT2D eigenvalue weighted by Crippen LogP contribution is -2.55. The Kier molecular flexibility index (Phi) is 20.2. The van der Waals surface area contributed by atoms with Gasteiger partial charge >= 0.3 is 0 Å². The van der Waals surface area contributed by atoms with Gasteiger partial charge in [-0.25, -0.2) is 0 Å². The summed E-state index contributed by atoms with van der Waals surface area (Å²) in [5.41, 5.74) is 16.0. The Hall–Kier alpha value is -3.38. The van der Waals surface area contributed by atoms with Crippen molar-refractivity contribution in [1.82, 2.24) is 16.0 Å². The molecule has 0 spiro atoms. The van der Waals surface area contributed by atoms with E-state index in [1.165, 1.54) is 6.92 Å². The Labute approximate surface area is 213 Å². The Balaban J connectivity index is 0. The van der Waals surface area contributed by atoms with Crippen LogP contribution >= 0.6 is 0 Å². The zero-order valence-electron chi connectivity index (χ0n) is 22.0. The smallest absolute Gasteiger partial charge is 0.300 e. The standard InChI is InChI=1S/C21H41N7O4.C2H4O2/c1-4-6-8-12-17(29)27-16(11-9-13-25-21(23)24)20(32)26-14(3)19(31)28-15(18(22)30)10-7-5-2;1-2(3)4/h14-16H,4-13H2,1-3H3,(H2,22,30)(H,26,32)(H,27,29)(H,28,31)(H4,23,24,25);1H3,(H,3,4)/t14-,15-,16-;/m0./s1. The molecule has 0 aromatic carbocycles. The van der Waals surface area contributed by atoms with Crippen LogP contribution in [0.5, 0.6) is 0 Å². The van der Waals surface area contributed by atoms with E-state index in [0.29, 0.717) is 32.2 Å². The van der Waals surface area contributed by atoms with Crippen LogP contribution in [0.2, 0.25) is 0 Å². The first-order chi connectivity index (χ1) is 16.8. The van der Waals surface area contributed by atoms with E-state index in [2.05, 4.69) is 20.9 Å². The van der Waals surface area contributed by atoms with Crippen LogP contribution in [0, 0.1) is 0 Å². The summed E-state index contributed by atoms with van der Waals surface area (Å²) in [7, 11) is 0. The topological polar surface area (TPSA) is 232 Å². The van der Waals surface area contributed by atoms with E-state index in [9.17, 15) is 19.2 Å². The first kappa shape index (κ1) is 34.8. The van der Waals surface area contributed by atoms with Gasteiger partial charge in [0.2, 0.25) is 23.6 Å². The second-order valence-electron chi connectivity index (χ2n) is 8.38. The molecule has 0 bridgehead atoms. The summed E-state index contributed by atoms with van der Waals surface area (Å²) in [6.07, 6.45) is 5.73. The average Bonchev–Trinajstić information content (AvgIpc) is 2.77. The summed E-state index contributed by atoms with van der Waals surface area (Å²) in [6, 6.07) is -2.54. The fourth-order valence-corrected chi connectivity index (χ4v) is 2.94. The fourth-order valence-electron chi connectivity index (χ4n) is 2.94. The van der Waals surface area contributed by atoms with Crippen LogP contribution in [0.4, 0.5) is 0 Å². The number of hydrogen-bond acceptors (Lipinski definition) is 6. The van der Waals surface area contributed by atoms with Crippen molar-refractivity contribution in [2.24, 2.45) is 22.2 Å². The van der Waals surface area contributed by atoms with E-state index < -0.39 is 41.8 Å². The molecule has 4 amide bonds. The molecule has 13 nitrogen and oxygen atoms in total. The number of nitrogens with two attached hydrogens (primary N) is 3. The van der Waals surface area contributed by atoms with Gasteiger partial charge in [-0.2, -0.15) is 0 Å². The fraction of sp³-hybridized carbons (Fsp3) is 0.739. The molecule has 208 valence electrons. The second kappa shape index (κ2) is 20.9. The molecule has 0 rings (SSSR count). The third kappa shape index (κ3) is 20.0. The minimum absolute atomic E-state index is 0.0491. The van der Waals surface area contributed by atoms with Gasteiger partial charge in [-0.15, -0.1) is 0 Å². The Morgan fingerprint density at radius 3 is 1.86 bits per heavy atom. The van der Waals surface area contributed by atoms with Crippen molar-refractivity contribution in [1.29, 1.82) is 0 Å². The van der Waals surface area contributed by atoms with E-state index in [1.54, 1.807) is 0 Å². The number of unbranched alkanes of at least 4 members (excludes halogenated alkanes) is 3. The summed E-state index contributed by atoms with van der Waals surface area (Å²) in [5, 5.41) is 15.3. The maximum absolute atomic E-state index is 12.8. The molecule has 0 saturated heterocycles. The highest BCUT2D eigenvalue weighted by atomic mass is 16.4. The highest BCUT2D eigenvalue weighted by molar-refractivity contribution is 5.93. The first-order valence-corrected chi connectivity index (χ1v) is 12.3. The molecule has 0 unspecified atom stereocenters. The lowest BCUT2D eigenvalue weighted by molar-refractivity contribution is -0.134. The molecule has 3 atom stereocenters. The van der Waals surface area contributed by atoms with Crippen LogP contribution in [0.15, 0.2) is 4.99 Å². The summed E-state index contributed by atoms with van der Waals surface area (Å²) < 4.78 is 0. The number of rotatable bonds is 17. The van der Waals surface area contributed by atoms with Gasteiger partial charge in [0, 0.05) is 19.9 Å². The van der Waals surface area contributed by atoms with E-state index in [4.69, 9.17) is 27.1 Å². The Bertz CT molecular complexity index is 722. The molecule has 0 aliphatic rings. The number of carboxylic acids is 1. The van der Waals surface area contributed by atoms with Gasteiger partial charge in [0.05, 0.1) is 0 Å². The van der Waals surface area contributed by atoms with Gasteiger partial charge < -0.3 is 38.3 Å². The van der Waals surface area contributed by atoms with Crippen molar-refractivity contribution < 1.29 is 29.1 Å². The third-order valence-corrected chi connectivity index (χ3v) is 4.86. The normalized spacial score (nSPS) is 12.6. The van der Waals surface area contributed by atoms with Crippen molar-refractivity contribution in [3.8, 4) is 0 Å². The summed E-state index contributed by atoms with van der Waals surface area (Å²) in [5.74, 6) is -2.75. The molecule has 0 saturated carbocycles. The second-order valence-corrected chi connectivity index (χ2v) is 8.38. The quantitative estimate of drug-likeness (QED) is 0.0780. The van der Waals surface area contributed by atoms with Crippen molar-refractivity contribution in [3.63, 3.8) is 0 Å². The maximum Gasteiger partial charge on any atom is 0.300 e. The van der Waals surface area contributed by atoms with Crippen molar-refractivity contribution in [2.75, 3.05) is 6.54 Å². The Morgan fingerprint density at radius 1 is 0.806 bits per heavy atom. The third-order valence-electron chi connectivity index (χ3n) is 4.86. The number of primary amides is 1. The van der Waals surface area contributed by atoms with Gasteiger partial charge in [0.25, 0.3) is 5.97 Å². The summed E-state index contributed by atoms with van der Waals surface area (Å²) in [6.45, 7) is 6.90. The minimum Gasteiger partial charge on any atom is -0.481 e. The number of carbonyl (C=O) groups is 5. The molecule has 0 fully saturated rings. The van der Waals surface area contributed by atoms with Gasteiger partial charge in [-0.1, -0.05) is 39.5 Å². The molecule has 0 aromatic heterocycles. The van der Waals surface area contributed by atoms with Gasteiger partial charge in [-0.05, 0) is 32.6 Å². The van der Waals surface area contributed by atoms with Crippen LogP contribution in [-0.4, -0.2) is 65.3 Å². The molecule has 36 heavy (non-hydrogen) atoms. The number of amides is 4. The summed E-state index contributed by atoms with van der Waals surface area (Å²) in [4.78, 5) is 61.9. The van der Waals surface area contributed by atoms with Crippen LogP contribution in [0.1, 0.15) is 85.5 Å². The molecule has 0 aliphatic carbocycles. The predicted molar refractivity (Wildman–Crippen MR) is 138 cm³/mol. The predicted octanol–water partition coefficient (Wildman–Crippen LogP) is -0.139. The average molecular weight is 516 g/mol. The lowest BCUT2D eigenvalue weighted by Gasteiger charge is -2.22. The van der Waals surface area contributed by atoms with E-state index in [0.717, 1.165) is 39.0 Å². The number of guanidine groups is 1. The van der Waals surface area contributed by atoms with Gasteiger partial charge in [-0.3, -0.25) is 29.0 Å². The summed E-state index contributed by atoms with van der Waals surface area (Å²) >= 11 is 0. The number of aliphatic carboxylic acids is 1. The molecular weight excluding hydrogens is 470 g/mol. The number of nitrogens with one attached hydrogen (secondary N) is 3. The SMILES string of the molecule is CC(=O)O.CCCCCC(=O)N[C@@H](CCCN=C(N)N)C(=O)N[C@@H](C)C(=O)N[C@@H](CCCC)C(N)=O. The number of carboxylic acid groups (broad SMARTS) is 1. The molecule has 13 heteroatoms. The minimum atomic E-state index is -0.914.